The summed E-state index contributed by atoms with van der Waals surface area (Å²) < 4.78 is 27.9. The highest BCUT2D eigenvalue weighted by Crippen LogP contribution is 2.30. The summed E-state index contributed by atoms with van der Waals surface area (Å²) in [5, 5.41) is 3.33. The Morgan fingerprint density at radius 1 is 1.38 bits per heavy atom. The average molecular weight is 331 g/mol. The van der Waals surface area contributed by atoms with Gasteiger partial charge in [0.2, 0.25) is 0 Å². The van der Waals surface area contributed by atoms with Crippen molar-refractivity contribution in [2.24, 2.45) is 0 Å². The molecule has 2 heterocycles. The molecule has 0 bridgehead atoms. The van der Waals surface area contributed by atoms with Gasteiger partial charge in [0.15, 0.2) is 0 Å². The summed E-state index contributed by atoms with van der Waals surface area (Å²) in [4.78, 5) is 1.08. The minimum atomic E-state index is -3.32. The molecule has 120 valence electrons. The van der Waals surface area contributed by atoms with Gasteiger partial charge in [0.1, 0.15) is 4.21 Å². The minimum absolute atomic E-state index is 0.170. The molecule has 1 aromatic rings. The number of nitrogens with zero attached hydrogens (tertiary/aromatic N) is 1. The van der Waals surface area contributed by atoms with E-state index in [1.807, 2.05) is 6.07 Å². The Bertz CT molecular complexity index is 552. The average Bonchev–Trinajstić information content (AvgIpc) is 2.94. The second-order valence-corrected chi connectivity index (χ2v) is 9.22. The molecule has 1 saturated heterocycles. The van der Waals surface area contributed by atoms with Crippen LogP contribution in [0.3, 0.4) is 0 Å². The van der Waals surface area contributed by atoms with E-state index in [2.05, 4.69) is 26.1 Å². The van der Waals surface area contributed by atoms with E-state index in [9.17, 15) is 8.42 Å². The van der Waals surface area contributed by atoms with Gasteiger partial charge in [0.25, 0.3) is 10.0 Å². The van der Waals surface area contributed by atoms with E-state index >= 15 is 0 Å². The van der Waals surface area contributed by atoms with E-state index in [1.165, 1.54) is 11.3 Å². The SMILES string of the molecule is CCC1CCCCN1S(=O)(=O)c1ccc(CNC(C)C)s1. The molecule has 0 radical (unpaired) electrons. The van der Waals surface area contributed by atoms with Crippen molar-refractivity contribution in [2.75, 3.05) is 6.54 Å². The summed E-state index contributed by atoms with van der Waals surface area (Å²) in [5.74, 6) is 0. The summed E-state index contributed by atoms with van der Waals surface area (Å²) in [7, 11) is -3.32. The minimum Gasteiger partial charge on any atom is -0.310 e. The fraction of sp³-hybridized carbons (Fsp3) is 0.733. The lowest BCUT2D eigenvalue weighted by molar-refractivity contribution is 0.247. The van der Waals surface area contributed by atoms with Crippen LogP contribution in [0.5, 0.6) is 0 Å². The Labute approximate surface area is 132 Å². The first-order chi connectivity index (χ1) is 9.95. The highest BCUT2D eigenvalue weighted by Gasteiger charge is 2.33. The van der Waals surface area contributed by atoms with Crippen LogP contribution in [0.4, 0.5) is 0 Å². The van der Waals surface area contributed by atoms with Crippen molar-refractivity contribution in [3.8, 4) is 0 Å². The fourth-order valence-electron chi connectivity index (χ4n) is 2.71. The van der Waals surface area contributed by atoms with Gasteiger partial charge in [-0.2, -0.15) is 4.31 Å². The highest BCUT2D eigenvalue weighted by molar-refractivity contribution is 7.91. The molecule has 0 saturated carbocycles. The molecule has 2 rings (SSSR count). The number of hydrogen-bond donors (Lipinski definition) is 1. The molecule has 1 atom stereocenters. The predicted molar refractivity (Wildman–Crippen MR) is 88.1 cm³/mol. The van der Waals surface area contributed by atoms with Crippen LogP contribution in [0.25, 0.3) is 0 Å². The third-order valence-corrected chi connectivity index (χ3v) is 7.43. The molecule has 6 heteroatoms. The molecule has 0 amide bonds. The smallest absolute Gasteiger partial charge is 0.252 e. The van der Waals surface area contributed by atoms with Gasteiger partial charge in [0.05, 0.1) is 0 Å². The molecule has 4 nitrogen and oxygen atoms in total. The highest BCUT2D eigenvalue weighted by atomic mass is 32.2. The van der Waals surface area contributed by atoms with Crippen LogP contribution in [0.15, 0.2) is 16.3 Å². The molecular weight excluding hydrogens is 304 g/mol. The maximum atomic E-state index is 12.8. The molecule has 0 aliphatic carbocycles. The largest absolute Gasteiger partial charge is 0.310 e. The van der Waals surface area contributed by atoms with Crippen LogP contribution in [0.2, 0.25) is 0 Å². The maximum Gasteiger partial charge on any atom is 0.252 e. The lowest BCUT2D eigenvalue weighted by atomic mass is 10.0. The molecule has 21 heavy (non-hydrogen) atoms. The topological polar surface area (TPSA) is 49.4 Å². The van der Waals surface area contributed by atoms with Gasteiger partial charge < -0.3 is 5.32 Å². The van der Waals surface area contributed by atoms with Crippen molar-refractivity contribution < 1.29 is 8.42 Å². The number of sulfonamides is 1. The first kappa shape index (κ1) is 16.9. The second-order valence-electron chi connectivity index (χ2n) is 5.93. The van der Waals surface area contributed by atoms with Gasteiger partial charge in [-0.15, -0.1) is 11.3 Å². The zero-order valence-electron chi connectivity index (χ0n) is 13.1. The van der Waals surface area contributed by atoms with E-state index in [4.69, 9.17) is 0 Å². The van der Waals surface area contributed by atoms with Crippen LogP contribution >= 0.6 is 11.3 Å². The van der Waals surface area contributed by atoms with Crippen molar-refractivity contribution in [3.05, 3.63) is 17.0 Å². The number of hydrogen-bond acceptors (Lipinski definition) is 4. The Balaban J connectivity index is 2.15. The number of nitrogens with one attached hydrogen (secondary N) is 1. The number of piperidine rings is 1. The summed E-state index contributed by atoms with van der Waals surface area (Å²) >= 11 is 1.40. The van der Waals surface area contributed by atoms with Crippen molar-refractivity contribution in [1.82, 2.24) is 9.62 Å². The molecule has 1 N–H and O–H groups in total. The molecule has 0 aromatic carbocycles. The Morgan fingerprint density at radius 3 is 2.81 bits per heavy atom. The van der Waals surface area contributed by atoms with E-state index in [-0.39, 0.29) is 6.04 Å². The zero-order chi connectivity index (χ0) is 15.5. The Morgan fingerprint density at radius 2 is 2.14 bits per heavy atom. The molecule has 1 fully saturated rings. The van der Waals surface area contributed by atoms with Crippen molar-refractivity contribution >= 4 is 21.4 Å². The van der Waals surface area contributed by atoms with Crippen molar-refractivity contribution in [3.63, 3.8) is 0 Å². The lowest BCUT2D eigenvalue weighted by Gasteiger charge is -2.33. The molecule has 1 aliphatic heterocycles. The van der Waals surface area contributed by atoms with Crippen molar-refractivity contribution in [2.45, 2.75) is 69.3 Å². The lowest BCUT2D eigenvalue weighted by Crippen LogP contribution is -2.42. The standard InChI is InChI=1S/C15H26N2O2S2/c1-4-13-7-5-6-10-17(13)21(18,19)15-9-8-14(20-15)11-16-12(2)3/h8-9,12-13,16H,4-7,10-11H2,1-3H3. The summed E-state index contributed by atoms with van der Waals surface area (Å²) in [6.07, 6.45) is 4.00. The first-order valence-corrected chi connectivity index (χ1v) is 10.0. The van der Waals surface area contributed by atoms with Crippen LogP contribution in [0, 0.1) is 0 Å². The van der Waals surface area contributed by atoms with E-state index in [0.29, 0.717) is 16.8 Å². The molecule has 1 unspecified atom stereocenters. The second kappa shape index (κ2) is 7.22. The van der Waals surface area contributed by atoms with Gasteiger partial charge >= 0.3 is 0 Å². The number of rotatable bonds is 6. The van der Waals surface area contributed by atoms with Gasteiger partial charge in [-0.25, -0.2) is 8.42 Å². The Hall–Kier alpha value is -0.430. The summed E-state index contributed by atoms with van der Waals surface area (Å²) in [6, 6.07) is 4.26. The summed E-state index contributed by atoms with van der Waals surface area (Å²) in [6.45, 7) is 7.65. The summed E-state index contributed by atoms with van der Waals surface area (Å²) in [5.41, 5.74) is 0. The van der Waals surface area contributed by atoms with E-state index in [1.54, 1.807) is 10.4 Å². The van der Waals surface area contributed by atoms with Crippen LogP contribution in [0.1, 0.15) is 51.3 Å². The number of thiophene rings is 1. The van der Waals surface area contributed by atoms with Gasteiger partial charge in [-0.05, 0) is 31.4 Å². The van der Waals surface area contributed by atoms with Crippen LogP contribution in [-0.4, -0.2) is 31.4 Å². The normalized spacial score (nSPS) is 21.0. The van der Waals surface area contributed by atoms with Gasteiger partial charge in [-0.3, -0.25) is 0 Å². The van der Waals surface area contributed by atoms with Crippen LogP contribution < -0.4 is 5.32 Å². The van der Waals surface area contributed by atoms with Gasteiger partial charge in [-0.1, -0.05) is 27.2 Å². The van der Waals surface area contributed by atoms with Crippen LogP contribution in [-0.2, 0) is 16.6 Å². The molecule has 1 aliphatic rings. The monoisotopic (exact) mass is 330 g/mol. The molecular formula is C15H26N2O2S2. The molecule has 0 spiro atoms. The van der Waals surface area contributed by atoms with E-state index < -0.39 is 10.0 Å². The van der Waals surface area contributed by atoms with E-state index in [0.717, 1.165) is 37.1 Å². The zero-order valence-corrected chi connectivity index (χ0v) is 14.8. The fourth-order valence-corrected chi connectivity index (χ4v) is 5.91. The predicted octanol–water partition coefficient (Wildman–Crippen LogP) is 3.20. The third kappa shape index (κ3) is 4.06. The third-order valence-electron chi connectivity index (χ3n) is 3.93. The van der Waals surface area contributed by atoms with Gasteiger partial charge in [0, 0.05) is 30.1 Å². The Kier molecular flexibility index (Phi) is 5.82. The van der Waals surface area contributed by atoms with Crippen molar-refractivity contribution in [1.29, 1.82) is 0 Å². The first-order valence-electron chi connectivity index (χ1n) is 7.79. The molecule has 1 aromatic heterocycles. The quantitative estimate of drug-likeness (QED) is 0.871. The maximum absolute atomic E-state index is 12.8.